The van der Waals surface area contributed by atoms with Crippen LogP contribution in [0.5, 0.6) is 0 Å². The fourth-order valence-electron chi connectivity index (χ4n) is 2.11. The van der Waals surface area contributed by atoms with E-state index in [-0.39, 0.29) is 5.91 Å². The summed E-state index contributed by atoms with van der Waals surface area (Å²) in [6, 6.07) is 3.19. The Morgan fingerprint density at radius 1 is 1.65 bits per heavy atom. The second-order valence-corrected chi connectivity index (χ2v) is 5.08. The molecule has 0 bridgehead atoms. The second kappa shape index (κ2) is 4.63. The van der Waals surface area contributed by atoms with Crippen LogP contribution in [0.3, 0.4) is 0 Å². The van der Waals surface area contributed by atoms with Crippen molar-refractivity contribution in [2.24, 2.45) is 0 Å². The molecule has 17 heavy (non-hydrogen) atoms. The number of halogens is 1. The summed E-state index contributed by atoms with van der Waals surface area (Å²) in [7, 11) is 0. The van der Waals surface area contributed by atoms with Gasteiger partial charge in [0.2, 0.25) is 0 Å². The number of pyridine rings is 1. The number of amides is 1. The van der Waals surface area contributed by atoms with Gasteiger partial charge >= 0.3 is 0 Å². The molecule has 1 atom stereocenters. The van der Waals surface area contributed by atoms with Gasteiger partial charge in [-0.05, 0) is 31.9 Å². The standard InChI is InChI=1S/C12H15ClN2O2/c1-12(17)4-2-6-15(8-12)11(16)9-3-5-14-10(13)7-9/h3,5,7,17H,2,4,6,8H2,1H3. The number of carbonyl (C=O) groups is 1. The Morgan fingerprint density at radius 3 is 3.06 bits per heavy atom. The zero-order valence-corrected chi connectivity index (χ0v) is 10.4. The molecule has 2 rings (SSSR count). The molecule has 4 nitrogen and oxygen atoms in total. The second-order valence-electron chi connectivity index (χ2n) is 4.69. The predicted octanol–water partition coefficient (Wildman–Crippen LogP) is 1.72. The molecule has 1 N–H and O–H groups in total. The molecule has 92 valence electrons. The highest BCUT2D eigenvalue weighted by Crippen LogP contribution is 2.22. The highest BCUT2D eigenvalue weighted by molar-refractivity contribution is 6.29. The van der Waals surface area contributed by atoms with Gasteiger partial charge in [0.05, 0.1) is 5.60 Å². The van der Waals surface area contributed by atoms with Crippen LogP contribution in [0.15, 0.2) is 18.3 Å². The Kier molecular flexibility index (Phi) is 3.35. The zero-order chi connectivity index (χ0) is 12.5. The molecular formula is C12H15ClN2O2. The van der Waals surface area contributed by atoms with Crippen LogP contribution in [0.1, 0.15) is 30.1 Å². The maximum Gasteiger partial charge on any atom is 0.254 e. The van der Waals surface area contributed by atoms with Gasteiger partial charge in [0, 0.05) is 24.8 Å². The zero-order valence-electron chi connectivity index (χ0n) is 9.69. The summed E-state index contributed by atoms with van der Waals surface area (Å²) in [5.41, 5.74) is -0.271. The number of piperidine rings is 1. The van der Waals surface area contributed by atoms with Crippen molar-refractivity contribution in [1.29, 1.82) is 0 Å². The summed E-state index contributed by atoms with van der Waals surface area (Å²) in [6.45, 7) is 2.80. The fourth-order valence-corrected chi connectivity index (χ4v) is 2.29. The normalized spacial score (nSPS) is 24.8. The van der Waals surface area contributed by atoms with E-state index in [1.54, 1.807) is 24.0 Å². The van der Waals surface area contributed by atoms with Crippen molar-refractivity contribution in [1.82, 2.24) is 9.88 Å². The van der Waals surface area contributed by atoms with Crippen LogP contribution in [0, 0.1) is 0 Å². The summed E-state index contributed by atoms with van der Waals surface area (Å²) in [5.74, 6) is -0.103. The quantitative estimate of drug-likeness (QED) is 0.777. The minimum Gasteiger partial charge on any atom is -0.388 e. The molecule has 2 heterocycles. The molecule has 0 spiro atoms. The van der Waals surface area contributed by atoms with Crippen LogP contribution in [-0.2, 0) is 0 Å². The molecule has 1 fully saturated rings. The molecular weight excluding hydrogens is 240 g/mol. The number of likely N-dealkylation sites (tertiary alicyclic amines) is 1. The molecule has 0 radical (unpaired) electrons. The topological polar surface area (TPSA) is 53.4 Å². The third kappa shape index (κ3) is 2.96. The van der Waals surface area contributed by atoms with Gasteiger partial charge in [-0.1, -0.05) is 11.6 Å². The van der Waals surface area contributed by atoms with Crippen LogP contribution in [-0.4, -0.2) is 39.6 Å². The number of hydrogen-bond acceptors (Lipinski definition) is 3. The van der Waals surface area contributed by atoms with E-state index in [2.05, 4.69) is 4.98 Å². The number of aliphatic hydroxyl groups is 1. The van der Waals surface area contributed by atoms with Crippen molar-refractivity contribution in [2.45, 2.75) is 25.4 Å². The number of rotatable bonds is 1. The van der Waals surface area contributed by atoms with Gasteiger partial charge in [-0.2, -0.15) is 0 Å². The lowest BCUT2D eigenvalue weighted by atomic mass is 9.95. The predicted molar refractivity (Wildman–Crippen MR) is 65.0 cm³/mol. The van der Waals surface area contributed by atoms with Crippen molar-refractivity contribution in [3.63, 3.8) is 0 Å². The van der Waals surface area contributed by atoms with Crippen LogP contribution in [0.4, 0.5) is 0 Å². The molecule has 1 saturated heterocycles. The van der Waals surface area contributed by atoms with Crippen LogP contribution < -0.4 is 0 Å². The monoisotopic (exact) mass is 254 g/mol. The van der Waals surface area contributed by atoms with Gasteiger partial charge in [-0.15, -0.1) is 0 Å². The largest absolute Gasteiger partial charge is 0.388 e. The third-order valence-electron chi connectivity index (χ3n) is 2.94. The van der Waals surface area contributed by atoms with Gasteiger partial charge in [0.1, 0.15) is 5.15 Å². The molecule has 0 saturated carbocycles. The fraction of sp³-hybridized carbons (Fsp3) is 0.500. The summed E-state index contributed by atoms with van der Waals surface area (Å²) >= 11 is 5.75. The van der Waals surface area contributed by atoms with Crippen molar-refractivity contribution >= 4 is 17.5 Å². The van der Waals surface area contributed by atoms with Crippen LogP contribution in [0.25, 0.3) is 0 Å². The Hall–Kier alpha value is -1.13. The molecule has 1 amide bonds. The first-order chi connectivity index (χ1) is 7.98. The van der Waals surface area contributed by atoms with E-state index in [1.807, 2.05) is 0 Å². The Bertz CT molecular complexity index is 434. The molecule has 1 aromatic heterocycles. The summed E-state index contributed by atoms with van der Waals surface area (Å²) < 4.78 is 0. The number of β-amino-alcohol motifs (C(OH)–C–C–N with tert-alkyl or cyclic N) is 1. The molecule has 1 aromatic rings. The first-order valence-electron chi connectivity index (χ1n) is 5.61. The first kappa shape index (κ1) is 12.3. The molecule has 5 heteroatoms. The summed E-state index contributed by atoms with van der Waals surface area (Å²) in [5, 5.41) is 10.3. The number of nitrogens with zero attached hydrogens (tertiary/aromatic N) is 2. The summed E-state index contributed by atoms with van der Waals surface area (Å²) in [6.07, 6.45) is 3.06. The Morgan fingerprint density at radius 2 is 2.41 bits per heavy atom. The SMILES string of the molecule is CC1(O)CCCN(C(=O)c2ccnc(Cl)c2)C1. The van der Waals surface area contributed by atoms with E-state index in [9.17, 15) is 9.90 Å². The smallest absolute Gasteiger partial charge is 0.254 e. The minimum absolute atomic E-state index is 0.103. The number of carbonyl (C=O) groups excluding carboxylic acids is 1. The molecule has 0 aliphatic carbocycles. The van der Waals surface area contributed by atoms with E-state index in [0.29, 0.717) is 23.8 Å². The van der Waals surface area contributed by atoms with E-state index < -0.39 is 5.60 Å². The summed E-state index contributed by atoms with van der Waals surface area (Å²) in [4.78, 5) is 17.7. The van der Waals surface area contributed by atoms with Gasteiger partial charge in [0.15, 0.2) is 0 Å². The lowest BCUT2D eigenvalue weighted by molar-refractivity contribution is -0.0107. The van der Waals surface area contributed by atoms with Crippen LogP contribution >= 0.6 is 11.6 Å². The average molecular weight is 255 g/mol. The minimum atomic E-state index is -0.787. The maximum atomic E-state index is 12.2. The molecule has 0 aromatic carbocycles. The van der Waals surface area contributed by atoms with Gasteiger partial charge in [-0.25, -0.2) is 4.98 Å². The van der Waals surface area contributed by atoms with Crippen LogP contribution in [0.2, 0.25) is 5.15 Å². The van der Waals surface area contributed by atoms with E-state index in [0.717, 1.165) is 12.8 Å². The Labute approximate surface area is 105 Å². The van der Waals surface area contributed by atoms with Crippen molar-refractivity contribution < 1.29 is 9.90 Å². The van der Waals surface area contributed by atoms with Crippen molar-refractivity contribution in [3.05, 3.63) is 29.0 Å². The van der Waals surface area contributed by atoms with Crippen molar-refractivity contribution in [2.75, 3.05) is 13.1 Å². The molecule has 1 aliphatic heterocycles. The maximum absolute atomic E-state index is 12.2. The van der Waals surface area contributed by atoms with E-state index in [4.69, 9.17) is 11.6 Å². The van der Waals surface area contributed by atoms with E-state index in [1.165, 1.54) is 6.20 Å². The van der Waals surface area contributed by atoms with Gasteiger partial charge in [0.25, 0.3) is 5.91 Å². The lowest BCUT2D eigenvalue weighted by Crippen LogP contribution is -2.48. The average Bonchev–Trinajstić information content (AvgIpc) is 2.26. The van der Waals surface area contributed by atoms with Crippen molar-refractivity contribution in [3.8, 4) is 0 Å². The lowest BCUT2D eigenvalue weighted by Gasteiger charge is -2.36. The molecule has 1 unspecified atom stereocenters. The number of aromatic nitrogens is 1. The first-order valence-corrected chi connectivity index (χ1v) is 5.99. The molecule has 1 aliphatic rings. The highest BCUT2D eigenvalue weighted by Gasteiger charge is 2.31. The number of hydrogen-bond donors (Lipinski definition) is 1. The third-order valence-corrected chi connectivity index (χ3v) is 3.14. The Balaban J connectivity index is 2.15. The van der Waals surface area contributed by atoms with Gasteiger partial charge in [-0.3, -0.25) is 4.79 Å². The highest BCUT2D eigenvalue weighted by atomic mass is 35.5. The van der Waals surface area contributed by atoms with Gasteiger partial charge < -0.3 is 10.0 Å². The van der Waals surface area contributed by atoms with E-state index >= 15 is 0 Å².